The van der Waals surface area contributed by atoms with E-state index in [2.05, 4.69) is 16.0 Å². The molecule has 0 aliphatic heterocycles. The standard InChI is InChI=1S/C17H17N3O3/c1-12(21)19-14-8-5-9-15(10-14)20-17(23)16(22)18-11-13-6-3-2-4-7-13/h2-10H,11H2,1H3,(H,18,22)(H,19,21)(H,20,23). The maximum atomic E-state index is 11.9. The Bertz CT molecular complexity index is 714. The molecule has 0 saturated heterocycles. The molecule has 0 heterocycles. The summed E-state index contributed by atoms with van der Waals surface area (Å²) < 4.78 is 0. The van der Waals surface area contributed by atoms with Crippen molar-refractivity contribution >= 4 is 29.1 Å². The Kier molecular flexibility index (Phi) is 5.46. The van der Waals surface area contributed by atoms with Gasteiger partial charge >= 0.3 is 11.8 Å². The van der Waals surface area contributed by atoms with E-state index in [-0.39, 0.29) is 12.5 Å². The normalized spacial score (nSPS) is 9.78. The number of hydrogen-bond donors (Lipinski definition) is 3. The Morgan fingerprint density at radius 1 is 0.826 bits per heavy atom. The third kappa shape index (κ3) is 5.28. The van der Waals surface area contributed by atoms with Gasteiger partial charge in [-0.3, -0.25) is 14.4 Å². The zero-order chi connectivity index (χ0) is 16.7. The molecule has 0 atom stereocenters. The first kappa shape index (κ1) is 16.2. The number of anilines is 2. The van der Waals surface area contributed by atoms with Crippen LogP contribution in [-0.4, -0.2) is 17.7 Å². The summed E-state index contributed by atoms with van der Waals surface area (Å²) in [5, 5.41) is 7.64. The van der Waals surface area contributed by atoms with Crippen molar-refractivity contribution in [3.8, 4) is 0 Å². The summed E-state index contributed by atoms with van der Waals surface area (Å²) in [6.07, 6.45) is 0. The number of amides is 3. The van der Waals surface area contributed by atoms with Gasteiger partial charge in [-0.05, 0) is 23.8 Å². The largest absolute Gasteiger partial charge is 0.344 e. The number of rotatable bonds is 4. The molecule has 0 saturated carbocycles. The van der Waals surface area contributed by atoms with Crippen LogP contribution in [0, 0.1) is 0 Å². The van der Waals surface area contributed by atoms with Crippen molar-refractivity contribution in [3.63, 3.8) is 0 Å². The molecule has 0 aromatic heterocycles. The van der Waals surface area contributed by atoms with Crippen molar-refractivity contribution in [2.45, 2.75) is 13.5 Å². The Balaban J connectivity index is 1.90. The molecule has 0 aliphatic carbocycles. The molecule has 0 radical (unpaired) electrons. The van der Waals surface area contributed by atoms with Crippen LogP contribution < -0.4 is 16.0 Å². The minimum atomic E-state index is -0.763. The molecule has 6 nitrogen and oxygen atoms in total. The summed E-state index contributed by atoms with van der Waals surface area (Å²) in [7, 11) is 0. The smallest absolute Gasteiger partial charge is 0.313 e. The second kappa shape index (κ2) is 7.74. The van der Waals surface area contributed by atoms with Gasteiger partial charge in [0.05, 0.1) is 0 Å². The first-order chi connectivity index (χ1) is 11.0. The summed E-state index contributed by atoms with van der Waals surface area (Å²) in [4.78, 5) is 34.7. The van der Waals surface area contributed by atoms with Crippen LogP contribution in [0.4, 0.5) is 11.4 Å². The van der Waals surface area contributed by atoms with E-state index in [1.807, 2.05) is 30.3 Å². The fourth-order valence-electron chi connectivity index (χ4n) is 1.92. The highest BCUT2D eigenvalue weighted by atomic mass is 16.2. The third-order valence-electron chi connectivity index (χ3n) is 2.94. The minimum absolute atomic E-state index is 0.214. The highest BCUT2D eigenvalue weighted by Gasteiger charge is 2.13. The van der Waals surface area contributed by atoms with Crippen molar-refractivity contribution < 1.29 is 14.4 Å². The molecule has 0 aliphatic rings. The second-order valence-electron chi connectivity index (χ2n) is 4.88. The number of carbonyl (C=O) groups excluding carboxylic acids is 3. The van der Waals surface area contributed by atoms with Crippen LogP contribution >= 0.6 is 0 Å². The van der Waals surface area contributed by atoms with E-state index < -0.39 is 11.8 Å². The first-order valence-corrected chi connectivity index (χ1v) is 7.05. The van der Waals surface area contributed by atoms with Crippen LogP contribution in [0.15, 0.2) is 54.6 Å². The average Bonchev–Trinajstić information content (AvgIpc) is 2.53. The van der Waals surface area contributed by atoms with E-state index >= 15 is 0 Å². The van der Waals surface area contributed by atoms with Crippen LogP contribution in [-0.2, 0) is 20.9 Å². The molecule has 3 amide bonds. The fraction of sp³-hybridized carbons (Fsp3) is 0.118. The van der Waals surface area contributed by atoms with Gasteiger partial charge in [0.1, 0.15) is 0 Å². The topological polar surface area (TPSA) is 87.3 Å². The molecule has 23 heavy (non-hydrogen) atoms. The molecule has 2 aromatic carbocycles. The van der Waals surface area contributed by atoms with E-state index in [1.54, 1.807) is 24.3 Å². The lowest BCUT2D eigenvalue weighted by Crippen LogP contribution is -2.34. The van der Waals surface area contributed by atoms with Gasteiger partial charge in [-0.15, -0.1) is 0 Å². The molecule has 2 rings (SSSR count). The minimum Gasteiger partial charge on any atom is -0.344 e. The van der Waals surface area contributed by atoms with Crippen molar-refractivity contribution in [2.24, 2.45) is 0 Å². The Morgan fingerprint density at radius 3 is 2.13 bits per heavy atom. The summed E-state index contributed by atoms with van der Waals surface area (Å²) in [5.41, 5.74) is 1.87. The number of benzene rings is 2. The second-order valence-corrected chi connectivity index (χ2v) is 4.88. The predicted octanol–water partition coefficient (Wildman–Crippen LogP) is 1.90. The van der Waals surface area contributed by atoms with Gasteiger partial charge in [0, 0.05) is 24.8 Å². The molecule has 0 bridgehead atoms. The number of nitrogens with one attached hydrogen (secondary N) is 3. The van der Waals surface area contributed by atoms with Gasteiger partial charge in [0.25, 0.3) is 0 Å². The molecule has 0 spiro atoms. The van der Waals surface area contributed by atoms with Crippen molar-refractivity contribution in [1.82, 2.24) is 5.32 Å². The van der Waals surface area contributed by atoms with Crippen LogP contribution in [0.5, 0.6) is 0 Å². The maximum absolute atomic E-state index is 11.9. The quantitative estimate of drug-likeness (QED) is 0.754. The van der Waals surface area contributed by atoms with Crippen molar-refractivity contribution in [2.75, 3.05) is 10.6 Å². The van der Waals surface area contributed by atoms with E-state index in [0.29, 0.717) is 11.4 Å². The van der Waals surface area contributed by atoms with Gasteiger partial charge in [0.2, 0.25) is 5.91 Å². The number of hydrogen-bond acceptors (Lipinski definition) is 3. The van der Waals surface area contributed by atoms with Crippen LogP contribution in [0.1, 0.15) is 12.5 Å². The molecule has 118 valence electrons. The molecule has 3 N–H and O–H groups in total. The van der Waals surface area contributed by atoms with Crippen molar-refractivity contribution in [3.05, 3.63) is 60.2 Å². The molecular weight excluding hydrogens is 294 g/mol. The highest BCUT2D eigenvalue weighted by molar-refractivity contribution is 6.39. The predicted molar refractivity (Wildman–Crippen MR) is 87.7 cm³/mol. The van der Waals surface area contributed by atoms with Gasteiger partial charge in [-0.2, -0.15) is 0 Å². The summed E-state index contributed by atoms with van der Waals surface area (Å²) in [6.45, 7) is 1.67. The Labute approximate surface area is 133 Å². The Hall–Kier alpha value is -3.15. The summed E-state index contributed by atoms with van der Waals surface area (Å²) in [5.74, 6) is -1.70. The first-order valence-electron chi connectivity index (χ1n) is 7.05. The van der Waals surface area contributed by atoms with Crippen LogP contribution in [0.2, 0.25) is 0 Å². The van der Waals surface area contributed by atoms with Gasteiger partial charge in [-0.1, -0.05) is 36.4 Å². The van der Waals surface area contributed by atoms with E-state index in [4.69, 9.17) is 0 Å². The highest BCUT2D eigenvalue weighted by Crippen LogP contribution is 2.14. The van der Waals surface area contributed by atoms with E-state index in [0.717, 1.165) is 5.56 Å². The lowest BCUT2D eigenvalue weighted by molar-refractivity contribution is -0.136. The third-order valence-corrected chi connectivity index (χ3v) is 2.94. The Morgan fingerprint density at radius 2 is 1.48 bits per heavy atom. The zero-order valence-electron chi connectivity index (χ0n) is 12.6. The lowest BCUT2D eigenvalue weighted by Gasteiger charge is -2.08. The van der Waals surface area contributed by atoms with Gasteiger partial charge in [-0.25, -0.2) is 0 Å². The maximum Gasteiger partial charge on any atom is 0.313 e. The number of carbonyl (C=O) groups is 3. The molecule has 0 unspecified atom stereocenters. The van der Waals surface area contributed by atoms with Crippen LogP contribution in [0.25, 0.3) is 0 Å². The van der Waals surface area contributed by atoms with Gasteiger partial charge in [0.15, 0.2) is 0 Å². The summed E-state index contributed by atoms with van der Waals surface area (Å²) >= 11 is 0. The average molecular weight is 311 g/mol. The SMILES string of the molecule is CC(=O)Nc1cccc(NC(=O)C(=O)NCc2ccccc2)c1. The molecule has 6 heteroatoms. The molecular formula is C17H17N3O3. The van der Waals surface area contributed by atoms with E-state index in [9.17, 15) is 14.4 Å². The van der Waals surface area contributed by atoms with Gasteiger partial charge < -0.3 is 16.0 Å². The van der Waals surface area contributed by atoms with E-state index in [1.165, 1.54) is 6.92 Å². The monoisotopic (exact) mass is 311 g/mol. The molecule has 0 fully saturated rings. The fourth-order valence-corrected chi connectivity index (χ4v) is 1.92. The molecule has 2 aromatic rings. The van der Waals surface area contributed by atoms with Crippen LogP contribution in [0.3, 0.4) is 0 Å². The lowest BCUT2D eigenvalue weighted by atomic mass is 10.2. The summed E-state index contributed by atoms with van der Waals surface area (Å²) in [6, 6.07) is 15.9. The zero-order valence-corrected chi connectivity index (χ0v) is 12.6. The van der Waals surface area contributed by atoms with Crippen molar-refractivity contribution in [1.29, 1.82) is 0 Å².